The van der Waals surface area contributed by atoms with Gasteiger partial charge < -0.3 is 10.0 Å². The summed E-state index contributed by atoms with van der Waals surface area (Å²) in [6, 6.07) is 26.2. The van der Waals surface area contributed by atoms with Crippen molar-refractivity contribution in [3.8, 4) is 0 Å². The lowest BCUT2D eigenvalue weighted by molar-refractivity contribution is -0.124. The summed E-state index contributed by atoms with van der Waals surface area (Å²) >= 11 is 0. The van der Waals surface area contributed by atoms with Gasteiger partial charge in [0.05, 0.1) is 5.41 Å². The van der Waals surface area contributed by atoms with Crippen molar-refractivity contribution < 1.29 is 9.90 Å². The maximum atomic E-state index is 13.2. The molecule has 1 heterocycles. The van der Waals surface area contributed by atoms with Crippen molar-refractivity contribution in [3.63, 3.8) is 0 Å². The molecule has 1 atom stereocenters. The molecule has 4 nitrogen and oxygen atoms in total. The van der Waals surface area contributed by atoms with E-state index in [0.29, 0.717) is 6.42 Å². The van der Waals surface area contributed by atoms with E-state index in [1.165, 1.54) is 0 Å². The minimum absolute atomic E-state index is 0.176. The summed E-state index contributed by atoms with van der Waals surface area (Å²) in [6.45, 7) is 5.01. The van der Waals surface area contributed by atoms with Crippen LogP contribution in [0.2, 0.25) is 0 Å². The van der Waals surface area contributed by atoms with Crippen LogP contribution in [-0.4, -0.2) is 48.5 Å². The molecule has 1 N–H and O–H groups in total. The van der Waals surface area contributed by atoms with Gasteiger partial charge in [-0.1, -0.05) is 80.6 Å². The highest BCUT2D eigenvalue weighted by molar-refractivity contribution is 5.94. The number of Topliss-reactive ketones (excluding diaryl/α,β-unsaturated/α-hetero) is 1. The molecule has 4 heteroatoms. The van der Waals surface area contributed by atoms with E-state index < -0.39 is 5.41 Å². The molecule has 0 fully saturated rings. The van der Waals surface area contributed by atoms with E-state index in [-0.39, 0.29) is 11.7 Å². The quantitative estimate of drug-likeness (QED) is 0.594. The van der Waals surface area contributed by atoms with E-state index >= 15 is 0 Å². The number of hydrogen-bond donors (Lipinski definition) is 1. The molecule has 0 aliphatic heterocycles. The standard InChI is InChI=1S/C21H27NO.C5H5N.CH4O/c1-5-20(23)21(17(2)16-22(3)4,18-12-8-6-9-13-18)19-14-10-7-11-15-19;1-2-4-6-5-3-1;1-2/h6-15,17H,5,16H2,1-4H3;1-5H;2H,1H3. The summed E-state index contributed by atoms with van der Waals surface area (Å²) in [7, 11) is 5.13. The molecule has 0 aliphatic carbocycles. The third-order valence-corrected chi connectivity index (χ3v) is 5.16. The highest BCUT2D eigenvalue weighted by Gasteiger charge is 2.45. The number of rotatable bonds is 7. The average Bonchev–Trinajstić information content (AvgIpc) is 2.83. The van der Waals surface area contributed by atoms with Gasteiger partial charge in [-0.3, -0.25) is 9.78 Å². The Morgan fingerprint density at radius 1 is 0.871 bits per heavy atom. The van der Waals surface area contributed by atoms with Crippen LogP contribution in [0.1, 0.15) is 31.4 Å². The van der Waals surface area contributed by atoms with Crippen molar-refractivity contribution in [2.75, 3.05) is 27.7 Å². The molecular formula is C27H36N2O2. The topological polar surface area (TPSA) is 53.4 Å². The molecule has 0 saturated heterocycles. The van der Waals surface area contributed by atoms with Gasteiger partial charge in [0.1, 0.15) is 5.78 Å². The first-order valence-corrected chi connectivity index (χ1v) is 10.6. The Kier molecular flexibility index (Phi) is 12.0. The number of nitrogens with zero attached hydrogens (tertiary/aromatic N) is 2. The fourth-order valence-electron chi connectivity index (χ4n) is 4.01. The van der Waals surface area contributed by atoms with Gasteiger partial charge in [0, 0.05) is 32.5 Å². The van der Waals surface area contributed by atoms with Crippen molar-refractivity contribution in [1.82, 2.24) is 9.88 Å². The fourth-order valence-corrected chi connectivity index (χ4v) is 4.01. The maximum absolute atomic E-state index is 13.2. The van der Waals surface area contributed by atoms with E-state index in [1.54, 1.807) is 12.4 Å². The zero-order chi connectivity index (χ0) is 23.1. The lowest BCUT2D eigenvalue weighted by Gasteiger charge is -2.40. The number of pyridine rings is 1. The predicted molar refractivity (Wildman–Crippen MR) is 129 cm³/mol. The number of hydrogen-bond acceptors (Lipinski definition) is 4. The van der Waals surface area contributed by atoms with Gasteiger partial charge in [-0.05, 0) is 43.3 Å². The lowest BCUT2D eigenvalue weighted by Crippen LogP contribution is -2.46. The van der Waals surface area contributed by atoms with Crippen LogP contribution in [0.3, 0.4) is 0 Å². The number of aliphatic hydroxyl groups excluding tert-OH is 1. The Hall–Kier alpha value is -2.82. The molecule has 3 rings (SSSR count). The van der Waals surface area contributed by atoms with Crippen LogP contribution >= 0.6 is 0 Å². The van der Waals surface area contributed by atoms with E-state index in [9.17, 15) is 4.79 Å². The third-order valence-electron chi connectivity index (χ3n) is 5.16. The molecule has 0 bridgehead atoms. The number of aliphatic hydroxyl groups is 1. The molecule has 0 amide bonds. The number of ketones is 1. The van der Waals surface area contributed by atoms with Crippen molar-refractivity contribution in [2.45, 2.75) is 25.7 Å². The molecule has 0 radical (unpaired) electrons. The van der Waals surface area contributed by atoms with Gasteiger partial charge in [-0.2, -0.15) is 0 Å². The first-order valence-electron chi connectivity index (χ1n) is 10.6. The zero-order valence-corrected chi connectivity index (χ0v) is 19.4. The van der Waals surface area contributed by atoms with E-state index in [2.05, 4.69) is 55.2 Å². The van der Waals surface area contributed by atoms with Crippen molar-refractivity contribution >= 4 is 5.78 Å². The molecule has 31 heavy (non-hydrogen) atoms. The Morgan fingerprint density at radius 3 is 1.58 bits per heavy atom. The van der Waals surface area contributed by atoms with Crippen molar-refractivity contribution in [2.24, 2.45) is 5.92 Å². The Balaban J connectivity index is 0.000000508. The molecule has 1 unspecified atom stereocenters. The van der Waals surface area contributed by atoms with Gasteiger partial charge in [0.15, 0.2) is 0 Å². The highest BCUT2D eigenvalue weighted by Crippen LogP contribution is 2.41. The van der Waals surface area contributed by atoms with E-state index in [4.69, 9.17) is 5.11 Å². The van der Waals surface area contributed by atoms with Crippen LogP contribution in [0.25, 0.3) is 0 Å². The van der Waals surface area contributed by atoms with E-state index in [0.717, 1.165) is 24.8 Å². The van der Waals surface area contributed by atoms with Crippen LogP contribution in [0.4, 0.5) is 0 Å². The number of carbonyl (C=O) groups is 1. The second-order valence-electron chi connectivity index (χ2n) is 7.50. The fraction of sp³-hybridized carbons (Fsp3) is 0.333. The Bertz CT molecular complexity index is 771. The van der Waals surface area contributed by atoms with Gasteiger partial charge in [-0.25, -0.2) is 0 Å². The third kappa shape index (κ3) is 7.12. The molecular weight excluding hydrogens is 384 g/mol. The van der Waals surface area contributed by atoms with Crippen LogP contribution in [0.5, 0.6) is 0 Å². The van der Waals surface area contributed by atoms with Crippen LogP contribution < -0.4 is 0 Å². The smallest absolute Gasteiger partial charge is 0.147 e. The second-order valence-corrected chi connectivity index (χ2v) is 7.50. The van der Waals surface area contributed by atoms with Crippen molar-refractivity contribution in [1.29, 1.82) is 0 Å². The average molecular weight is 421 g/mol. The highest BCUT2D eigenvalue weighted by atomic mass is 16.2. The molecule has 0 aliphatic rings. The first-order chi connectivity index (χ1) is 15.0. The largest absolute Gasteiger partial charge is 0.400 e. The molecule has 0 saturated carbocycles. The van der Waals surface area contributed by atoms with Crippen LogP contribution in [0.15, 0.2) is 91.3 Å². The summed E-state index contributed by atoms with van der Waals surface area (Å²) < 4.78 is 0. The minimum atomic E-state index is -0.596. The SMILES string of the molecule is CCC(=O)C(c1ccccc1)(c1ccccc1)C(C)CN(C)C.CO.c1ccncc1. The summed E-state index contributed by atoms with van der Waals surface area (Å²) in [5, 5.41) is 7.00. The summed E-state index contributed by atoms with van der Waals surface area (Å²) in [4.78, 5) is 19.2. The Morgan fingerprint density at radius 2 is 1.29 bits per heavy atom. The van der Waals surface area contributed by atoms with Gasteiger partial charge in [0.2, 0.25) is 0 Å². The summed E-state index contributed by atoms with van der Waals surface area (Å²) in [5.41, 5.74) is 1.58. The van der Waals surface area contributed by atoms with Crippen LogP contribution in [0, 0.1) is 5.92 Å². The molecule has 3 aromatic rings. The minimum Gasteiger partial charge on any atom is -0.400 e. The number of benzene rings is 2. The molecule has 2 aromatic carbocycles. The van der Waals surface area contributed by atoms with Gasteiger partial charge >= 0.3 is 0 Å². The molecule has 0 spiro atoms. The molecule has 166 valence electrons. The lowest BCUT2D eigenvalue weighted by atomic mass is 9.63. The monoisotopic (exact) mass is 420 g/mol. The molecule has 1 aromatic heterocycles. The maximum Gasteiger partial charge on any atom is 0.147 e. The predicted octanol–water partition coefficient (Wildman–Crippen LogP) is 4.84. The summed E-state index contributed by atoms with van der Waals surface area (Å²) in [5.74, 6) is 0.457. The zero-order valence-electron chi connectivity index (χ0n) is 19.4. The second kappa shape index (κ2) is 14.2. The summed E-state index contributed by atoms with van der Waals surface area (Å²) in [6.07, 6.45) is 4.03. The normalized spacial score (nSPS) is 11.5. The van der Waals surface area contributed by atoms with Gasteiger partial charge in [-0.15, -0.1) is 0 Å². The Labute approximate surface area is 187 Å². The first kappa shape index (κ1) is 26.2. The number of carbonyl (C=O) groups excluding carboxylic acids is 1. The van der Waals surface area contributed by atoms with Crippen LogP contribution in [-0.2, 0) is 10.2 Å². The number of aromatic nitrogens is 1. The van der Waals surface area contributed by atoms with Crippen molar-refractivity contribution in [3.05, 3.63) is 102 Å². The van der Waals surface area contributed by atoms with Gasteiger partial charge in [0.25, 0.3) is 0 Å². The van der Waals surface area contributed by atoms with E-state index in [1.807, 2.05) is 61.5 Å².